The summed E-state index contributed by atoms with van der Waals surface area (Å²) in [5.41, 5.74) is 0.796. The number of benzene rings is 1. The van der Waals surface area contributed by atoms with Crippen LogP contribution in [0.15, 0.2) is 36.5 Å². The standard InChI is InChI=1S/C21H22F2N4O3/c1-13-2-5-24-18(8-13)26-21(30)14-3-6-27(7-4-14)19(28)12-25-20(29)15-9-16(22)11-17(23)10-15/h2,5,8-11,14H,3-4,6-7,12H2,1H3,(H,25,29)(H,24,26,30). The lowest BCUT2D eigenvalue weighted by Crippen LogP contribution is -2.45. The Hall–Kier alpha value is -3.36. The average Bonchev–Trinajstić information content (AvgIpc) is 2.71. The maximum Gasteiger partial charge on any atom is 0.251 e. The summed E-state index contributed by atoms with van der Waals surface area (Å²) in [6, 6.07) is 6.08. The molecule has 3 amide bonds. The van der Waals surface area contributed by atoms with E-state index in [-0.39, 0.29) is 29.8 Å². The molecule has 1 saturated heterocycles. The molecule has 0 aliphatic carbocycles. The fourth-order valence-electron chi connectivity index (χ4n) is 3.28. The number of rotatable bonds is 5. The number of pyridine rings is 1. The molecule has 3 rings (SSSR count). The minimum atomic E-state index is -0.868. The van der Waals surface area contributed by atoms with E-state index in [0.717, 1.165) is 17.7 Å². The lowest BCUT2D eigenvalue weighted by Gasteiger charge is -2.31. The van der Waals surface area contributed by atoms with Crippen LogP contribution in [0.1, 0.15) is 28.8 Å². The maximum atomic E-state index is 13.2. The van der Waals surface area contributed by atoms with Gasteiger partial charge in [-0.15, -0.1) is 0 Å². The highest BCUT2D eigenvalue weighted by Gasteiger charge is 2.27. The summed E-state index contributed by atoms with van der Waals surface area (Å²) in [4.78, 5) is 42.4. The molecule has 1 aromatic carbocycles. The van der Waals surface area contributed by atoms with Gasteiger partial charge in [0.15, 0.2) is 0 Å². The maximum absolute atomic E-state index is 13.2. The molecule has 30 heavy (non-hydrogen) atoms. The van der Waals surface area contributed by atoms with Crippen molar-refractivity contribution in [3.8, 4) is 0 Å². The van der Waals surface area contributed by atoms with Crippen molar-refractivity contribution in [2.45, 2.75) is 19.8 Å². The molecule has 2 heterocycles. The molecular weight excluding hydrogens is 394 g/mol. The van der Waals surface area contributed by atoms with Crippen molar-refractivity contribution >= 4 is 23.5 Å². The van der Waals surface area contributed by atoms with Gasteiger partial charge in [0.2, 0.25) is 11.8 Å². The Morgan fingerprint density at radius 3 is 2.40 bits per heavy atom. The van der Waals surface area contributed by atoms with Crippen LogP contribution >= 0.6 is 0 Å². The second-order valence-electron chi connectivity index (χ2n) is 7.20. The molecular formula is C21H22F2N4O3. The molecule has 0 saturated carbocycles. The number of anilines is 1. The van der Waals surface area contributed by atoms with Gasteiger partial charge in [-0.1, -0.05) is 0 Å². The number of aromatic nitrogens is 1. The van der Waals surface area contributed by atoms with Crippen LogP contribution in [-0.2, 0) is 9.59 Å². The minimum absolute atomic E-state index is 0.137. The van der Waals surface area contributed by atoms with Gasteiger partial charge in [0.1, 0.15) is 17.5 Å². The number of carbonyl (C=O) groups excluding carboxylic acids is 3. The van der Waals surface area contributed by atoms with Crippen molar-refractivity contribution in [2.75, 3.05) is 25.0 Å². The molecule has 1 aliphatic heterocycles. The van der Waals surface area contributed by atoms with E-state index in [1.54, 1.807) is 17.2 Å². The average molecular weight is 416 g/mol. The van der Waals surface area contributed by atoms with Crippen molar-refractivity contribution in [2.24, 2.45) is 5.92 Å². The van der Waals surface area contributed by atoms with Crippen LogP contribution in [0.25, 0.3) is 0 Å². The number of nitrogens with zero attached hydrogens (tertiary/aromatic N) is 2. The molecule has 7 nitrogen and oxygen atoms in total. The summed E-state index contributed by atoms with van der Waals surface area (Å²) in [6.45, 7) is 2.37. The predicted molar refractivity (Wildman–Crippen MR) is 106 cm³/mol. The van der Waals surface area contributed by atoms with Crippen LogP contribution in [0.2, 0.25) is 0 Å². The zero-order valence-corrected chi connectivity index (χ0v) is 16.5. The van der Waals surface area contributed by atoms with Crippen molar-refractivity contribution in [1.29, 1.82) is 0 Å². The van der Waals surface area contributed by atoms with Crippen LogP contribution in [0.3, 0.4) is 0 Å². The summed E-state index contributed by atoms with van der Waals surface area (Å²) in [5.74, 6) is -2.67. The SMILES string of the molecule is Cc1ccnc(NC(=O)C2CCN(C(=O)CNC(=O)c3cc(F)cc(F)c3)CC2)c1. The Balaban J connectivity index is 1.45. The van der Waals surface area contributed by atoms with Gasteiger partial charge in [-0.05, 0) is 49.6 Å². The quantitative estimate of drug-likeness (QED) is 0.782. The largest absolute Gasteiger partial charge is 0.343 e. The van der Waals surface area contributed by atoms with Gasteiger partial charge in [-0.25, -0.2) is 13.8 Å². The number of amides is 3. The van der Waals surface area contributed by atoms with Crippen molar-refractivity contribution in [3.63, 3.8) is 0 Å². The Bertz CT molecular complexity index is 939. The molecule has 2 N–H and O–H groups in total. The molecule has 1 fully saturated rings. The van der Waals surface area contributed by atoms with Gasteiger partial charge in [0.25, 0.3) is 5.91 Å². The number of aryl methyl sites for hydroxylation is 1. The van der Waals surface area contributed by atoms with Crippen LogP contribution < -0.4 is 10.6 Å². The Morgan fingerprint density at radius 2 is 1.77 bits per heavy atom. The highest BCUT2D eigenvalue weighted by Crippen LogP contribution is 2.19. The number of hydrogen-bond donors (Lipinski definition) is 2. The van der Waals surface area contributed by atoms with E-state index in [9.17, 15) is 23.2 Å². The normalized spacial score (nSPS) is 14.3. The zero-order valence-electron chi connectivity index (χ0n) is 16.5. The van der Waals surface area contributed by atoms with Gasteiger partial charge in [-0.2, -0.15) is 0 Å². The van der Waals surface area contributed by atoms with Gasteiger partial charge >= 0.3 is 0 Å². The fourth-order valence-corrected chi connectivity index (χ4v) is 3.28. The highest BCUT2D eigenvalue weighted by atomic mass is 19.1. The van der Waals surface area contributed by atoms with Gasteiger partial charge in [0, 0.05) is 36.8 Å². The van der Waals surface area contributed by atoms with Crippen molar-refractivity contribution < 1.29 is 23.2 Å². The van der Waals surface area contributed by atoms with Gasteiger partial charge in [-0.3, -0.25) is 14.4 Å². The molecule has 158 valence electrons. The summed E-state index contributed by atoms with van der Waals surface area (Å²) in [6.07, 6.45) is 2.61. The van der Waals surface area contributed by atoms with E-state index in [0.29, 0.717) is 37.8 Å². The van der Waals surface area contributed by atoms with E-state index in [2.05, 4.69) is 15.6 Å². The molecule has 0 bridgehead atoms. The van der Waals surface area contributed by atoms with E-state index in [1.165, 1.54) is 0 Å². The predicted octanol–water partition coefficient (Wildman–Crippen LogP) is 2.28. The lowest BCUT2D eigenvalue weighted by molar-refractivity contribution is -0.133. The fraction of sp³-hybridized carbons (Fsp3) is 0.333. The van der Waals surface area contributed by atoms with Gasteiger partial charge < -0.3 is 15.5 Å². The number of hydrogen-bond acceptors (Lipinski definition) is 4. The Morgan fingerprint density at radius 1 is 1.10 bits per heavy atom. The molecule has 0 atom stereocenters. The van der Waals surface area contributed by atoms with Gasteiger partial charge in [0.05, 0.1) is 6.54 Å². The number of nitrogens with one attached hydrogen (secondary N) is 2. The molecule has 1 aromatic heterocycles. The minimum Gasteiger partial charge on any atom is -0.343 e. The first-order valence-electron chi connectivity index (χ1n) is 9.57. The third kappa shape index (κ3) is 5.59. The zero-order chi connectivity index (χ0) is 21.7. The second kappa shape index (κ2) is 9.43. The number of likely N-dealkylation sites (tertiary alicyclic amines) is 1. The van der Waals surface area contributed by atoms with E-state index < -0.39 is 17.5 Å². The van der Waals surface area contributed by atoms with E-state index >= 15 is 0 Å². The molecule has 2 aromatic rings. The molecule has 0 radical (unpaired) electrons. The Kier molecular flexibility index (Phi) is 6.71. The van der Waals surface area contributed by atoms with E-state index in [4.69, 9.17) is 0 Å². The smallest absolute Gasteiger partial charge is 0.251 e. The van der Waals surface area contributed by atoms with Crippen LogP contribution in [0.5, 0.6) is 0 Å². The number of carbonyl (C=O) groups is 3. The summed E-state index contributed by atoms with van der Waals surface area (Å²) < 4.78 is 26.4. The lowest BCUT2D eigenvalue weighted by atomic mass is 9.96. The molecule has 0 spiro atoms. The monoisotopic (exact) mass is 416 g/mol. The van der Waals surface area contributed by atoms with Crippen molar-refractivity contribution in [1.82, 2.24) is 15.2 Å². The van der Waals surface area contributed by atoms with Crippen LogP contribution in [0.4, 0.5) is 14.6 Å². The first-order valence-corrected chi connectivity index (χ1v) is 9.57. The summed E-state index contributed by atoms with van der Waals surface area (Å²) in [7, 11) is 0. The Labute approximate surface area is 172 Å². The number of piperidine rings is 1. The molecule has 1 aliphatic rings. The summed E-state index contributed by atoms with van der Waals surface area (Å²) in [5, 5.41) is 5.16. The first kappa shape index (κ1) is 21.4. The van der Waals surface area contributed by atoms with Crippen LogP contribution in [-0.4, -0.2) is 47.2 Å². The third-order valence-corrected chi connectivity index (χ3v) is 4.91. The van der Waals surface area contributed by atoms with Crippen molar-refractivity contribution in [3.05, 3.63) is 59.3 Å². The summed E-state index contributed by atoms with van der Waals surface area (Å²) >= 11 is 0. The van der Waals surface area contributed by atoms with E-state index in [1.807, 2.05) is 13.0 Å². The molecule has 0 unspecified atom stereocenters. The molecule has 9 heteroatoms. The third-order valence-electron chi connectivity index (χ3n) is 4.91. The van der Waals surface area contributed by atoms with Crippen LogP contribution in [0, 0.1) is 24.5 Å². The topological polar surface area (TPSA) is 91.4 Å². The second-order valence-corrected chi connectivity index (χ2v) is 7.20. The number of halogens is 2. The highest BCUT2D eigenvalue weighted by molar-refractivity contribution is 5.96. The first-order chi connectivity index (χ1) is 14.3.